The van der Waals surface area contributed by atoms with Crippen molar-refractivity contribution in [2.75, 3.05) is 6.26 Å². The van der Waals surface area contributed by atoms with Crippen LogP contribution >= 0.6 is 11.6 Å². The number of aromatic nitrogens is 2. The van der Waals surface area contributed by atoms with E-state index < -0.39 is 10.0 Å². The second-order valence-electron chi connectivity index (χ2n) is 3.62. The third kappa shape index (κ3) is 3.52. The first-order valence-electron chi connectivity index (χ1n) is 4.97. The largest absolute Gasteiger partial charge is 0.338 e. The van der Waals surface area contributed by atoms with Crippen molar-refractivity contribution in [1.82, 2.24) is 14.9 Å². The van der Waals surface area contributed by atoms with Gasteiger partial charge >= 0.3 is 0 Å². The SMILES string of the molecule is CS(=O)(=O)NCc1nc(-c2cccc(Cl)c2)no1. The molecule has 96 valence electrons. The monoisotopic (exact) mass is 287 g/mol. The number of hydrogen-bond acceptors (Lipinski definition) is 5. The molecule has 0 spiro atoms. The predicted octanol–water partition coefficient (Wildman–Crippen LogP) is 1.44. The van der Waals surface area contributed by atoms with Gasteiger partial charge in [-0.25, -0.2) is 13.1 Å². The molecule has 0 aliphatic rings. The van der Waals surface area contributed by atoms with Gasteiger partial charge in [0.15, 0.2) is 0 Å². The fraction of sp³-hybridized carbons (Fsp3) is 0.200. The molecule has 0 radical (unpaired) electrons. The molecular formula is C10H10ClN3O3S. The first kappa shape index (κ1) is 13.0. The van der Waals surface area contributed by atoms with E-state index in [2.05, 4.69) is 14.9 Å². The third-order valence-electron chi connectivity index (χ3n) is 2.04. The van der Waals surface area contributed by atoms with Crippen LogP contribution in [0.3, 0.4) is 0 Å². The molecule has 1 N–H and O–H groups in total. The first-order valence-corrected chi connectivity index (χ1v) is 7.24. The summed E-state index contributed by atoms with van der Waals surface area (Å²) in [6, 6.07) is 6.98. The molecule has 0 bridgehead atoms. The summed E-state index contributed by atoms with van der Waals surface area (Å²) in [7, 11) is -3.28. The highest BCUT2D eigenvalue weighted by Crippen LogP contribution is 2.19. The smallest absolute Gasteiger partial charge is 0.242 e. The third-order valence-corrected chi connectivity index (χ3v) is 2.94. The zero-order chi connectivity index (χ0) is 13.2. The maximum Gasteiger partial charge on any atom is 0.242 e. The van der Waals surface area contributed by atoms with E-state index in [0.717, 1.165) is 6.26 Å². The molecule has 18 heavy (non-hydrogen) atoms. The topological polar surface area (TPSA) is 85.1 Å². The van der Waals surface area contributed by atoms with Crippen molar-refractivity contribution in [2.24, 2.45) is 0 Å². The van der Waals surface area contributed by atoms with Crippen LogP contribution in [-0.2, 0) is 16.6 Å². The Balaban J connectivity index is 2.16. The molecule has 8 heteroatoms. The minimum Gasteiger partial charge on any atom is -0.338 e. The van der Waals surface area contributed by atoms with E-state index in [9.17, 15) is 8.42 Å². The molecule has 0 atom stereocenters. The average molecular weight is 288 g/mol. The Morgan fingerprint density at radius 3 is 2.89 bits per heavy atom. The maximum absolute atomic E-state index is 10.9. The van der Waals surface area contributed by atoms with Crippen molar-refractivity contribution in [1.29, 1.82) is 0 Å². The molecular weight excluding hydrogens is 278 g/mol. The average Bonchev–Trinajstić information content (AvgIpc) is 2.74. The molecule has 0 unspecified atom stereocenters. The van der Waals surface area contributed by atoms with Gasteiger partial charge in [0.05, 0.1) is 12.8 Å². The summed E-state index contributed by atoms with van der Waals surface area (Å²) in [5.74, 6) is 0.554. The molecule has 0 amide bonds. The fourth-order valence-electron chi connectivity index (χ4n) is 1.26. The Bertz CT molecular complexity index is 654. The Hall–Kier alpha value is -1.44. The zero-order valence-corrected chi connectivity index (χ0v) is 11.0. The van der Waals surface area contributed by atoms with Crippen LogP contribution in [0.15, 0.2) is 28.8 Å². The highest BCUT2D eigenvalue weighted by atomic mass is 35.5. The lowest BCUT2D eigenvalue weighted by Crippen LogP contribution is -2.21. The van der Waals surface area contributed by atoms with Crippen LogP contribution < -0.4 is 4.72 Å². The zero-order valence-electron chi connectivity index (χ0n) is 9.42. The van der Waals surface area contributed by atoms with Crippen molar-refractivity contribution in [3.63, 3.8) is 0 Å². The summed E-state index contributed by atoms with van der Waals surface area (Å²) in [5, 5.41) is 4.31. The number of halogens is 1. The number of nitrogens with one attached hydrogen (secondary N) is 1. The second kappa shape index (κ2) is 5.05. The second-order valence-corrected chi connectivity index (χ2v) is 5.88. The van der Waals surface area contributed by atoms with Crippen LogP contribution in [0.4, 0.5) is 0 Å². The van der Waals surface area contributed by atoms with Gasteiger partial charge in [-0.3, -0.25) is 0 Å². The summed E-state index contributed by atoms with van der Waals surface area (Å²) in [5.41, 5.74) is 0.705. The molecule has 0 fully saturated rings. The van der Waals surface area contributed by atoms with Gasteiger partial charge in [-0.05, 0) is 12.1 Å². The molecule has 0 aliphatic carbocycles. The Kier molecular flexibility index (Phi) is 3.65. The fourth-order valence-corrected chi connectivity index (χ4v) is 1.84. The molecule has 2 aromatic rings. The summed E-state index contributed by atoms with van der Waals surface area (Å²) in [6.45, 7) is -0.0353. The van der Waals surface area contributed by atoms with E-state index in [1.807, 2.05) is 0 Å². The first-order chi connectivity index (χ1) is 8.44. The van der Waals surface area contributed by atoms with Crippen LogP contribution in [0.5, 0.6) is 0 Å². The summed E-state index contributed by atoms with van der Waals surface area (Å²) in [4.78, 5) is 4.06. The van der Waals surface area contributed by atoms with Gasteiger partial charge in [0, 0.05) is 10.6 Å². The van der Waals surface area contributed by atoms with E-state index in [0.29, 0.717) is 16.4 Å². The Morgan fingerprint density at radius 1 is 1.44 bits per heavy atom. The van der Waals surface area contributed by atoms with Crippen molar-refractivity contribution in [3.8, 4) is 11.4 Å². The molecule has 2 rings (SSSR count). The highest BCUT2D eigenvalue weighted by molar-refractivity contribution is 7.88. The molecule has 0 saturated carbocycles. The number of rotatable bonds is 4. The quantitative estimate of drug-likeness (QED) is 0.919. The van der Waals surface area contributed by atoms with Crippen molar-refractivity contribution >= 4 is 21.6 Å². The number of benzene rings is 1. The van der Waals surface area contributed by atoms with Crippen molar-refractivity contribution < 1.29 is 12.9 Å². The number of sulfonamides is 1. The highest BCUT2D eigenvalue weighted by Gasteiger charge is 2.10. The minimum absolute atomic E-state index is 0.0353. The molecule has 0 aliphatic heterocycles. The summed E-state index contributed by atoms with van der Waals surface area (Å²) in [6.07, 6.45) is 1.06. The van der Waals surface area contributed by atoms with Gasteiger partial charge in [-0.2, -0.15) is 4.98 Å². The Morgan fingerprint density at radius 2 is 2.22 bits per heavy atom. The predicted molar refractivity (Wildman–Crippen MR) is 66.4 cm³/mol. The van der Waals surface area contributed by atoms with Crippen molar-refractivity contribution in [3.05, 3.63) is 35.2 Å². The van der Waals surface area contributed by atoms with Gasteiger partial charge in [0.2, 0.25) is 21.7 Å². The maximum atomic E-state index is 10.9. The van der Waals surface area contributed by atoms with E-state index in [1.165, 1.54) is 0 Å². The summed E-state index contributed by atoms with van der Waals surface area (Å²) >= 11 is 5.84. The van der Waals surface area contributed by atoms with Crippen LogP contribution in [0.2, 0.25) is 5.02 Å². The van der Waals surface area contributed by atoms with Gasteiger partial charge in [0.25, 0.3) is 0 Å². The normalized spacial score (nSPS) is 11.7. The molecule has 6 nitrogen and oxygen atoms in total. The molecule has 1 aromatic heterocycles. The van der Waals surface area contributed by atoms with Crippen molar-refractivity contribution in [2.45, 2.75) is 6.54 Å². The number of hydrogen-bond donors (Lipinski definition) is 1. The lowest BCUT2D eigenvalue weighted by Gasteiger charge is -1.95. The minimum atomic E-state index is -3.28. The van der Waals surface area contributed by atoms with E-state index in [1.54, 1.807) is 24.3 Å². The standard InChI is InChI=1S/C10H10ClN3O3S/c1-18(15,16)12-6-9-13-10(14-17-9)7-3-2-4-8(11)5-7/h2-5,12H,6H2,1H3. The molecule has 0 saturated heterocycles. The lowest BCUT2D eigenvalue weighted by molar-refractivity contribution is 0.376. The summed E-state index contributed by atoms with van der Waals surface area (Å²) < 4.78 is 29.0. The molecule has 1 heterocycles. The molecule has 1 aromatic carbocycles. The van der Waals surface area contributed by atoms with Gasteiger partial charge in [-0.15, -0.1) is 0 Å². The van der Waals surface area contributed by atoms with Gasteiger partial charge in [-0.1, -0.05) is 28.9 Å². The van der Waals surface area contributed by atoms with Gasteiger partial charge in [0.1, 0.15) is 0 Å². The van der Waals surface area contributed by atoms with E-state index in [4.69, 9.17) is 16.1 Å². The van der Waals surface area contributed by atoms with Crippen LogP contribution in [0.25, 0.3) is 11.4 Å². The Labute approximate surface area is 109 Å². The lowest BCUT2D eigenvalue weighted by atomic mass is 10.2. The van der Waals surface area contributed by atoms with Crippen LogP contribution in [0, 0.1) is 0 Å². The van der Waals surface area contributed by atoms with Gasteiger partial charge < -0.3 is 4.52 Å². The van der Waals surface area contributed by atoms with Crippen LogP contribution in [0.1, 0.15) is 5.89 Å². The van der Waals surface area contributed by atoms with Crippen LogP contribution in [-0.4, -0.2) is 24.8 Å². The van der Waals surface area contributed by atoms with E-state index in [-0.39, 0.29) is 12.4 Å². The van der Waals surface area contributed by atoms with E-state index >= 15 is 0 Å². The number of nitrogens with zero attached hydrogens (tertiary/aromatic N) is 2.